The Morgan fingerprint density at radius 1 is 1.29 bits per heavy atom. The second-order valence-electron chi connectivity index (χ2n) is 2.62. The second kappa shape index (κ2) is 3.60. The molecule has 0 unspecified atom stereocenters. The molecule has 1 N–H and O–H groups in total. The fraction of sp³-hybridized carbons (Fsp3) is 0. The fourth-order valence-electron chi connectivity index (χ4n) is 1.18. The normalized spacial score (nSPS) is 9.71. The van der Waals surface area contributed by atoms with Crippen molar-refractivity contribution >= 4 is 15.9 Å². The molecule has 0 atom stereocenters. The van der Waals surface area contributed by atoms with E-state index in [2.05, 4.69) is 37.4 Å². The summed E-state index contributed by atoms with van der Waals surface area (Å²) in [6, 6.07) is 9.36. The minimum atomic E-state index is 0.585. The Hall–Kier alpha value is -1.67. The van der Waals surface area contributed by atoms with Crippen LogP contribution in [-0.2, 0) is 0 Å². The van der Waals surface area contributed by atoms with E-state index in [4.69, 9.17) is 5.26 Å². The Kier molecular flexibility index (Phi) is 2.29. The van der Waals surface area contributed by atoms with Gasteiger partial charge in [0, 0.05) is 5.56 Å². The number of nitrogens with zero attached hydrogens (tertiary/aromatic N) is 3. The van der Waals surface area contributed by atoms with Crippen molar-refractivity contribution in [3.8, 4) is 17.3 Å². The summed E-state index contributed by atoms with van der Waals surface area (Å²) in [4.78, 5) is 0. The van der Waals surface area contributed by atoms with E-state index in [1.165, 1.54) is 0 Å². The molecule has 0 spiro atoms. The highest BCUT2D eigenvalue weighted by molar-refractivity contribution is 9.10. The van der Waals surface area contributed by atoms with E-state index in [1.54, 1.807) is 6.07 Å². The zero-order valence-corrected chi connectivity index (χ0v) is 8.62. The number of rotatable bonds is 1. The third kappa shape index (κ3) is 1.40. The average Bonchev–Trinajstić information content (AvgIpc) is 2.64. The third-order valence-corrected chi connectivity index (χ3v) is 2.36. The summed E-state index contributed by atoms with van der Waals surface area (Å²) >= 11 is 3.25. The summed E-state index contributed by atoms with van der Waals surface area (Å²) in [6.07, 6.45) is 0. The molecule has 2 aromatic rings. The first-order valence-corrected chi connectivity index (χ1v) is 4.68. The van der Waals surface area contributed by atoms with Crippen LogP contribution in [0.2, 0.25) is 0 Å². The van der Waals surface area contributed by atoms with Crippen LogP contribution < -0.4 is 0 Å². The van der Waals surface area contributed by atoms with Crippen molar-refractivity contribution in [3.05, 3.63) is 34.4 Å². The number of hydrogen-bond donors (Lipinski definition) is 1. The summed E-state index contributed by atoms with van der Waals surface area (Å²) in [6.45, 7) is 0. The molecule has 0 aliphatic heterocycles. The van der Waals surface area contributed by atoms with Crippen LogP contribution in [0.5, 0.6) is 0 Å². The van der Waals surface area contributed by atoms with E-state index < -0.39 is 0 Å². The Bertz CT molecular complexity index is 498. The highest BCUT2D eigenvalue weighted by atomic mass is 79.9. The molecule has 2 rings (SSSR count). The van der Waals surface area contributed by atoms with Gasteiger partial charge in [0.1, 0.15) is 5.69 Å². The van der Waals surface area contributed by atoms with Crippen molar-refractivity contribution in [2.24, 2.45) is 0 Å². The smallest absolute Gasteiger partial charge is 0.156 e. The molecule has 5 heteroatoms. The molecule has 1 aromatic carbocycles. The molecule has 1 heterocycles. The zero-order valence-electron chi connectivity index (χ0n) is 7.03. The lowest BCUT2D eigenvalue weighted by Gasteiger charge is -1.98. The number of nitriles is 1. The molecule has 1 aromatic heterocycles. The largest absolute Gasteiger partial charge is 0.196 e. The molecule has 0 radical (unpaired) electrons. The van der Waals surface area contributed by atoms with Crippen LogP contribution in [0.4, 0.5) is 0 Å². The first kappa shape index (κ1) is 8.91. The maximum atomic E-state index is 8.88. The molecule has 0 saturated heterocycles. The van der Waals surface area contributed by atoms with Gasteiger partial charge >= 0.3 is 0 Å². The monoisotopic (exact) mass is 248 g/mol. The molecule has 4 nitrogen and oxygen atoms in total. The predicted octanol–water partition coefficient (Wildman–Crippen LogP) is 2.11. The van der Waals surface area contributed by atoms with E-state index in [0.717, 1.165) is 5.56 Å². The number of aromatic amines is 1. The average molecular weight is 249 g/mol. The maximum Gasteiger partial charge on any atom is 0.156 e. The van der Waals surface area contributed by atoms with Crippen LogP contribution in [0.1, 0.15) is 5.56 Å². The minimum absolute atomic E-state index is 0.585. The number of aromatic nitrogens is 3. The Balaban J connectivity index is 2.64. The van der Waals surface area contributed by atoms with Gasteiger partial charge in [0.15, 0.2) is 4.60 Å². The minimum Gasteiger partial charge on any atom is -0.196 e. The summed E-state index contributed by atoms with van der Waals surface area (Å²) < 4.78 is 0.611. The lowest BCUT2D eigenvalue weighted by Crippen LogP contribution is -1.84. The highest BCUT2D eigenvalue weighted by Gasteiger charge is 2.10. The molecular formula is C9H5BrN4. The van der Waals surface area contributed by atoms with Gasteiger partial charge in [-0.25, -0.2) is 0 Å². The number of H-pyrrole nitrogens is 1. The lowest BCUT2D eigenvalue weighted by atomic mass is 10.1. The van der Waals surface area contributed by atoms with Crippen molar-refractivity contribution in [2.45, 2.75) is 0 Å². The third-order valence-electron chi connectivity index (χ3n) is 1.81. The quantitative estimate of drug-likeness (QED) is 0.841. The highest BCUT2D eigenvalue weighted by Crippen LogP contribution is 2.26. The number of halogens is 1. The number of benzene rings is 1. The first-order chi connectivity index (χ1) is 6.83. The number of nitrogens with one attached hydrogen (secondary N) is 1. The zero-order chi connectivity index (χ0) is 9.97. The van der Waals surface area contributed by atoms with E-state index in [-0.39, 0.29) is 0 Å². The molecule has 68 valence electrons. The molecule has 0 saturated carbocycles. The van der Waals surface area contributed by atoms with Crippen molar-refractivity contribution in [1.82, 2.24) is 15.4 Å². The van der Waals surface area contributed by atoms with E-state index in [9.17, 15) is 0 Å². The summed E-state index contributed by atoms with van der Waals surface area (Å²) in [5.41, 5.74) is 2.01. The van der Waals surface area contributed by atoms with Crippen LogP contribution in [-0.4, -0.2) is 15.4 Å². The molecule has 0 aliphatic carbocycles. The van der Waals surface area contributed by atoms with Crippen LogP contribution >= 0.6 is 15.9 Å². The molecule has 0 aliphatic rings. The topological polar surface area (TPSA) is 65.4 Å². The SMILES string of the molecule is N#Cc1ccccc1-c1n[nH]nc1Br. The molecule has 0 bridgehead atoms. The fourth-order valence-corrected chi connectivity index (χ4v) is 1.56. The van der Waals surface area contributed by atoms with E-state index in [1.807, 2.05) is 18.2 Å². The van der Waals surface area contributed by atoms with Gasteiger partial charge in [-0.3, -0.25) is 0 Å². The molecule has 14 heavy (non-hydrogen) atoms. The molecule has 0 fully saturated rings. The van der Waals surface area contributed by atoms with Gasteiger partial charge in [-0.1, -0.05) is 18.2 Å². The van der Waals surface area contributed by atoms with Gasteiger partial charge in [-0.2, -0.15) is 15.6 Å². The van der Waals surface area contributed by atoms with Crippen molar-refractivity contribution < 1.29 is 0 Å². The Morgan fingerprint density at radius 3 is 2.71 bits per heavy atom. The van der Waals surface area contributed by atoms with Gasteiger partial charge in [-0.05, 0) is 22.0 Å². The second-order valence-corrected chi connectivity index (χ2v) is 3.37. The van der Waals surface area contributed by atoms with Crippen molar-refractivity contribution in [1.29, 1.82) is 5.26 Å². The van der Waals surface area contributed by atoms with Gasteiger partial charge in [0.2, 0.25) is 0 Å². The van der Waals surface area contributed by atoms with Crippen LogP contribution in [0.3, 0.4) is 0 Å². The van der Waals surface area contributed by atoms with Gasteiger partial charge in [-0.15, -0.1) is 5.10 Å². The maximum absolute atomic E-state index is 8.88. The standard InChI is InChI=1S/C9H5BrN4/c10-9-8(12-14-13-9)7-4-2-1-3-6(7)5-11/h1-4H,(H,12,13,14). The summed E-state index contributed by atoms with van der Waals surface area (Å²) in [5.74, 6) is 0. The summed E-state index contributed by atoms with van der Waals surface area (Å²) in [7, 11) is 0. The van der Waals surface area contributed by atoms with E-state index in [0.29, 0.717) is 15.9 Å². The van der Waals surface area contributed by atoms with Crippen LogP contribution in [0, 0.1) is 11.3 Å². The molecule has 0 amide bonds. The molecular weight excluding hydrogens is 244 g/mol. The Morgan fingerprint density at radius 2 is 2.07 bits per heavy atom. The van der Waals surface area contributed by atoms with Gasteiger partial charge < -0.3 is 0 Å². The predicted molar refractivity (Wildman–Crippen MR) is 54.2 cm³/mol. The van der Waals surface area contributed by atoms with Gasteiger partial charge in [0.05, 0.1) is 11.6 Å². The lowest BCUT2D eigenvalue weighted by molar-refractivity contribution is 0.935. The van der Waals surface area contributed by atoms with E-state index >= 15 is 0 Å². The van der Waals surface area contributed by atoms with Crippen LogP contribution in [0.25, 0.3) is 11.3 Å². The van der Waals surface area contributed by atoms with Crippen molar-refractivity contribution in [2.75, 3.05) is 0 Å². The first-order valence-electron chi connectivity index (χ1n) is 3.88. The summed E-state index contributed by atoms with van der Waals surface area (Å²) in [5, 5.41) is 19.2. The number of hydrogen-bond acceptors (Lipinski definition) is 3. The van der Waals surface area contributed by atoms with Crippen molar-refractivity contribution in [3.63, 3.8) is 0 Å². The van der Waals surface area contributed by atoms with Gasteiger partial charge in [0.25, 0.3) is 0 Å². The van der Waals surface area contributed by atoms with Crippen LogP contribution in [0.15, 0.2) is 28.9 Å². The Labute approximate surface area is 88.7 Å².